The smallest absolute Gasteiger partial charge is 0.235 e. The van der Waals surface area contributed by atoms with Gasteiger partial charge in [-0.05, 0) is 24.6 Å². The van der Waals surface area contributed by atoms with Crippen LogP contribution in [0.5, 0.6) is 0 Å². The Labute approximate surface area is 136 Å². The van der Waals surface area contributed by atoms with Crippen molar-refractivity contribution in [2.24, 2.45) is 0 Å². The molecule has 0 aliphatic rings. The molecule has 1 N–H and O–H groups in total. The standard InChI is InChI=1S/C16H20N2O4S/c1-13(14-7-4-3-5-8-14)18(23(2,20)21)12-16(19)17-11-15-9-6-10-22-15/h3-10,13H,11-12H2,1-2H3,(H,17,19). The van der Waals surface area contributed by atoms with E-state index < -0.39 is 16.1 Å². The van der Waals surface area contributed by atoms with Crippen LogP contribution in [-0.4, -0.2) is 31.4 Å². The molecule has 1 atom stereocenters. The van der Waals surface area contributed by atoms with E-state index in [9.17, 15) is 13.2 Å². The topological polar surface area (TPSA) is 79.6 Å². The van der Waals surface area contributed by atoms with Gasteiger partial charge in [-0.2, -0.15) is 4.31 Å². The van der Waals surface area contributed by atoms with Gasteiger partial charge in [0.2, 0.25) is 15.9 Å². The lowest BCUT2D eigenvalue weighted by molar-refractivity contribution is -0.121. The van der Waals surface area contributed by atoms with Crippen molar-refractivity contribution >= 4 is 15.9 Å². The first-order chi connectivity index (χ1) is 10.9. The molecule has 0 bridgehead atoms. The summed E-state index contributed by atoms with van der Waals surface area (Å²) in [7, 11) is -3.53. The maximum atomic E-state index is 12.1. The minimum atomic E-state index is -3.53. The van der Waals surface area contributed by atoms with Crippen LogP contribution in [0, 0.1) is 0 Å². The van der Waals surface area contributed by atoms with Crippen molar-refractivity contribution < 1.29 is 17.6 Å². The summed E-state index contributed by atoms with van der Waals surface area (Å²) in [4.78, 5) is 12.1. The van der Waals surface area contributed by atoms with Gasteiger partial charge in [-0.25, -0.2) is 8.42 Å². The van der Waals surface area contributed by atoms with Gasteiger partial charge in [-0.3, -0.25) is 4.79 Å². The Kier molecular flexibility index (Phi) is 5.57. The highest BCUT2D eigenvalue weighted by Gasteiger charge is 2.26. The van der Waals surface area contributed by atoms with Crippen molar-refractivity contribution in [1.82, 2.24) is 9.62 Å². The van der Waals surface area contributed by atoms with Gasteiger partial charge in [0.05, 0.1) is 25.6 Å². The van der Waals surface area contributed by atoms with Gasteiger partial charge in [-0.1, -0.05) is 30.3 Å². The maximum Gasteiger partial charge on any atom is 0.235 e. The highest BCUT2D eigenvalue weighted by atomic mass is 32.2. The summed E-state index contributed by atoms with van der Waals surface area (Å²) < 4.78 is 30.4. The molecule has 1 aromatic carbocycles. The Morgan fingerprint density at radius 3 is 2.48 bits per heavy atom. The summed E-state index contributed by atoms with van der Waals surface area (Å²) in [5.74, 6) is 0.231. The van der Waals surface area contributed by atoms with Crippen molar-refractivity contribution in [2.45, 2.75) is 19.5 Å². The predicted molar refractivity (Wildman–Crippen MR) is 87.0 cm³/mol. The van der Waals surface area contributed by atoms with Gasteiger partial charge in [0, 0.05) is 6.04 Å². The van der Waals surface area contributed by atoms with Crippen LogP contribution in [0.4, 0.5) is 0 Å². The molecule has 0 saturated heterocycles. The molecule has 2 rings (SSSR count). The molecule has 1 aromatic heterocycles. The second-order valence-electron chi connectivity index (χ2n) is 5.25. The fourth-order valence-electron chi connectivity index (χ4n) is 2.24. The average Bonchev–Trinajstić information content (AvgIpc) is 3.03. The molecule has 6 nitrogen and oxygen atoms in total. The molecule has 1 heterocycles. The molecule has 124 valence electrons. The Balaban J connectivity index is 2.05. The summed E-state index contributed by atoms with van der Waals surface area (Å²) in [5, 5.41) is 2.66. The maximum absolute atomic E-state index is 12.1. The molecule has 0 radical (unpaired) electrons. The number of rotatable bonds is 7. The third-order valence-corrected chi connectivity index (χ3v) is 4.78. The van der Waals surface area contributed by atoms with Crippen LogP contribution in [0.15, 0.2) is 53.1 Å². The number of nitrogens with one attached hydrogen (secondary N) is 1. The molecular formula is C16H20N2O4S. The number of amides is 1. The Morgan fingerprint density at radius 1 is 1.22 bits per heavy atom. The van der Waals surface area contributed by atoms with Crippen molar-refractivity contribution in [1.29, 1.82) is 0 Å². The zero-order valence-electron chi connectivity index (χ0n) is 13.1. The Hall–Kier alpha value is -2.12. The molecule has 7 heteroatoms. The number of carbonyl (C=O) groups excluding carboxylic acids is 1. The van der Waals surface area contributed by atoms with E-state index in [0.717, 1.165) is 11.8 Å². The van der Waals surface area contributed by atoms with E-state index in [0.29, 0.717) is 5.76 Å². The zero-order chi connectivity index (χ0) is 16.9. The molecular weight excluding hydrogens is 316 g/mol. The van der Waals surface area contributed by atoms with Gasteiger partial charge < -0.3 is 9.73 Å². The molecule has 0 spiro atoms. The number of nitrogens with zero attached hydrogens (tertiary/aromatic N) is 1. The first-order valence-corrected chi connectivity index (χ1v) is 9.03. The largest absolute Gasteiger partial charge is 0.467 e. The number of hydrogen-bond acceptors (Lipinski definition) is 4. The fourth-order valence-corrected chi connectivity index (χ4v) is 3.28. The van der Waals surface area contributed by atoms with Crippen molar-refractivity contribution in [3.8, 4) is 0 Å². The van der Waals surface area contributed by atoms with Crippen LogP contribution < -0.4 is 5.32 Å². The lowest BCUT2D eigenvalue weighted by Gasteiger charge is -2.26. The van der Waals surface area contributed by atoms with E-state index in [2.05, 4.69) is 5.32 Å². The van der Waals surface area contributed by atoms with E-state index in [1.807, 2.05) is 30.3 Å². The van der Waals surface area contributed by atoms with Crippen LogP contribution in [0.25, 0.3) is 0 Å². The summed E-state index contributed by atoms with van der Waals surface area (Å²) >= 11 is 0. The number of furan rings is 1. The predicted octanol–water partition coefficient (Wildman–Crippen LogP) is 1.92. The van der Waals surface area contributed by atoms with Crippen LogP contribution in [-0.2, 0) is 21.4 Å². The molecule has 0 saturated carbocycles. The quantitative estimate of drug-likeness (QED) is 0.838. The normalized spacial score (nSPS) is 13.0. The molecule has 2 aromatic rings. The highest BCUT2D eigenvalue weighted by Crippen LogP contribution is 2.22. The third kappa shape index (κ3) is 4.94. The Morgan fingerprint density at radius 2 is 1.91 bits per heavy atom. The molecule has 1 amide bonds. The summed E-state index contributed by atoms with van der Waals surface area (Å²) in [6, 6.07) is 12.2. The summed E-state index contributed by atoms with van der Waals surface area (Å²) in [6.07, 6.45) is 2.62. The number of carbonyl (C=O) groups is 1. The lowest BCUT2D eigenvalue weighted by atomic mass is 10.1. The van der Waals surface area contributed by atoms with E-state index in [1.54, 1.807) is 19.1 Å². The first kappa shape index (κ1) is 17.2. The van der Waals surface area contributed by atoms with Crippen LogP contribution in [0.1, 0.15) is 24.3 Å². The highest BCUT2D eigenvalue weighted by molar-refractivity contribution is 7.88. The monoisotopic (exact) mass is 336 g/mol. The molecule has 0 aliphatic carbocycles. The number of sulfonamides is 1. The average molecular weight is 336 g/mol. The second kappa shape index (κ2) is 7.43. The SMILES string of the molecule is CC(c1ccccc1)N(CC(=O)NCc1ccco1)S(C)(=O)=O. The van der Waals surface area contributed by atoms with Gasteiger partial charge in [-0.15, -0.1) is 0 Å². The first-order valence-electron chi connectivity index (χ1n) is 7.19. The third-order valence-electron chi connectivity index (χ3n) is 3.48. The molecule has 1 unspecified atom stereocenters. The van der Waals surface area contributed by atoms with E-state index >= 15 is 0 Å². The minimum absolute atomic E-state index is 0.225. The van der Waals surface area contributed by atoms with Crippen LogP contribution >= 0.6 is 0 Å². The number of hydrogen-bond donors (Lipinski definition) is 1. The van der Waals surface area contributed by atoms with Crippen molar-refractivity contribution in [2.75, 3.05) is 12.8 Å². The lowest BCUT2D eigenvalue weighted by Crippen LogP contribution is -2.41. The molecule has 0 fully saturated rings. The summed E-state index contributed by atoms with van der Waals surface area (Å²) in [5.41, 5.74) is 0.830. The van der Waals surface area contributed by atoms with Crippen LogP contribution in [0.2, 0.25) is 0 Å². The zero-order valence-corrected chi connectivity index (χ0v) is 13.9. The minimum Gasteiger partial charge on any atom is -0.467 e. The van der Waals surface area contributed by atoms with Crippen molar-refractivity contribution in [3.63, 3.8) is 0 Å². The van der Waals surface area contributed by atoms with Gasteiger partial charge in [0.25, 0.3) is 0 Å². The fraction of sp³-hybridized carbons (Fsp3) is 0.312. The van der Waals surface area contributed by atoms with Gasteiger partial charge >= 0.3 is 0 Å². The van der Waals surface area contributed by atoms with Crippen molar-refractivity contribution in [3.05, 3.63) is 60.1 Å². The molecule has 0 aliphatic heterocycles. The van der Waals surface area contributed by atoms with E-state index in [4.69, 9.17) is 4.42 Å². The molecule has 23 heavy (non-hydrogen) atoms. The van der Waals surface area contributed by atoms with E-state index in [-0.39, 0.29) is 19.0 Å². The van der Waals surface area contributed by atoms with E-state index in [1.165, 1.54) is 10.6 Å². The van der Waals surface area contributed by atoms with Gasteiger partial charge in [0.1, 0.15) is 5.76 Å². The summed E-state index contributed by atoms with van der Waals surface area (Å²) in [6.45, 7) is 1.74. The second-order valence-corrected chi connectivity index (χ2v) is 7.19. The number of benzene rings is 1. The van der Waals surface area contributed by atoms with Gasteiger partial charge in [0.15, 0.2) is 0 Å². The van der Waals surface area contributed by atoms with Crippen LogP contribution in [0.3, 0.4) is 0 Å². The Bertz CT molecular complexity index is 727.